The van der Waals surface area contributed by atoms with Gasteiger partial charge in [0.25, 0.3) is 5.91 Å². The molecular formula is C24H21NO4S. The third-order valence-electron chi connectivity index (χ3n) is 4.99. The van der Waals surface area contributed by atoms with Gasteiger partial charge in [-0.25, -0.2) is 0 Å². The molecule has 0 bridgehead atoms. The molecule has 0 aromatic heterocycles. The number of carbonyl (C=O) groups excluding carboxylic acids is 3. The van der Waals surface area contributed by atoms with Crippen molar-refractivity contribution in [1.82, 2.24) is 5.32 Å². The molecule has 1 aliphatic carbocycles. The highest BCUT2D eigenvalue weighted by Gasteiger charge is 2.25. The zero-order chi connectivity index (χ0) is 21.1. The van der Waals surface area contributed by atoms with Gasteiger partial charge in [0.15, 0.2) is 12.4 Å². The number of fused-ring (bicyclic) bond motifs is 2. The van der Waals surface area contributed by atoms with E-state index in [1.807, 2.05) is 61.5 Å². The van der Waals surface area contributed by atoms with Crippen LogP contribution in [0.15, 0.2) is 59.5 Å². The molecule has 3 aromatic rings. The van der Waals surface area contributed by atoms with Crippen molar-refractivity contribution in [3.8, 4) is 11.1 Å². The van der Waals surface area contributed by atoms with Crippen molar-refractivity contribution < 1.29 is 19.1 Å². The third-order valence-corrected chi connectivity index (χ3v) is 6.04. The molecular weight excluding hydrogens is 398 g/mol. The first-order chi connectivity index (χ1) is 14.6. The number of amides is 1. The van der Waals surface area contributed by atoms with Crippen LogP contribution in [0.4, 0.5) is 0 Å². The average molecular weight is 420 g/mol. The Kier molecular flexibility index (Phi) is 5.86. The summed E-state index contributed by atoms with van der Waals surface area (Å²) < 4.78 is 5.05. The summed E-state index contributed by atoms with van der Waals surface area (Å²) in [5.74, 6) is -0.643. The molecule has 152 valence electrons. The fourth-order valence-corrected chi connectivity index (χ4v) is 4.47. The maximum Gasteiger partial charge on any atom is 0.316 e. The predicted octanol–water partition coefficient (Wildman–Crippen LogP) is 4.21. The van der Waals surface area contributed by atoms with Crippen molar-refractivity contribution in [3.05, 3.63) is 65.7 Å². The van der Waals surface area contributed by atoms with Crippen LogP contribution in [-0.4, -0.2) is 36.6 Å². The van der Waals surface area contributed by atoms with Gasteiger partial charge in [-0.2, -0.15) is 0 Å². The Labute approximate surface area is 178 Å². The van der Waals surface area contributed by atoms with Gasteiger partial charge in [0.05, 0.1) is 5.75 Å². The molecule has 0 saturated carbocycles. The minimum absolute atomic E-state index is 0.0170. The molecule has 0 radical (unpaired) electrons. The van der Waals surface area contributed by atoms with E-state index in [-0.39, 0.29) is 24.1 Å². The van der Waals surface area contributed by atoms with E-state index in [0.717, 1.165) is 33.2 Å². The lowest BCUT2D eigenvalue weighted by Gasteiger charge is -2.21. The molecule has 1 N–H and O–H groups in total. The third kappa shape index (κ3) is 3.83. The number of hydrogen-bond donors (Lipinski definition) is 1. The van der Waals surface area contributed by atoms with Gasteiger partial charge in [-0.15, -0.1) is 11.8 Å². The molecule has 3 aromatic carbocycles. The Morgan fingerprint density at radius 2 is 1.70 bits per heavy atom. The highest BCUT2D eigenvalue weighted by Crippen LogP contribution is 2.42. The number of ketones is 1. The molecule has 30 heavy (non-hydrogen) atoms. The molecule has 0 aliphatic heterocycles. The van der Waals surface area contributed by atoms with Gasteiger partial charge in [0, 0.05) is 28.0 Å². The molecule has 0 heterocycles. The molecule has 5 nitrogen and oxygen atoms in total. The zero-order valence-corrected chi connectivity index (χ0v) is 17.4. The summed E-state index contributed by atoms with van der Waals surface area (Å²) in [6.45, 7) is 2.25. The summed E-state index contributed by atoms with van der Waals surface area (Å²) in [5, 5.41) is 4.52. The molecule has 0 unspecified atom stereocenters. The summed E-state index contributed by atoms with van der Waals surface area (Å²) in [7, 11) is 0. The molecule has 0 spiro atoms. The van der Waals surface area contributed by atoms with Gasteiger partial charge in [-0.05, 0) is 29.0 Å². The van der Waals surface area contributed by atoms with Crippen LogP contribution in [-0.2, 0) is 14.3 Å². The average Bonchev–Trinajstić information content (AvgIpc) is 2.78. The Balaban J connectivity index is 1.55. The second-order valence-electron chi connectivity index (χ2n) is 7.01. The highest BCUT2D eigenvalue weighted by molar-refractivity contribution is 8.00. The maximum atomic E-state index is 13.0. The predicted molar refractivity (Wildman–Crippen MR) is 118 cm³/mol. The lowest BCUT2D eigenvalue weighted by Crippen LogP contribution is -2.29. The zero-order valence-electron chi connectivity index (χ0n) is 16.6. The Morgan fingerprint density at radius 1 is 0.933 bits per heavy atom. The van der Waals surface area contributed by atoms with Crippen molar-refractivity contribution in [2.24, 2.45) is 0 Å². The van der Waals surface area contributed by atoms with E-state index < -0.39 is 5.97 Å². The summed E-state index contributed by atoms with van der Waals surface area (Å²) in [6.07, 6.45) is 0.827. The lowest BCUT2D eigenvalue weighted by atomic mass is 9.83. The second kappa shape index (κ2) is 8.71. The number of rotatable bonds is 7. The maximum absolute atomic E-state index is 13.0. The van der Waals surface area contributed by atoms with Gasteiger partial charge in [-0.3, -0.25) is 14.4 Å². The van der Waals surface area contributed by atoms with E-state index in [1.165, 1.54) is 11.8 Å². The largest absolute Gasteiger partial charge is 0.455 e. The summed E-state index contributed by atoms with van der Waals surface area (Å²) in [5.41, 5.74) is 3.34. The van der Waals surface area contributed by atoms with Crippen molar-refractivity contribution in [1.29, 1.82) is 0 Å². The SMILES string of the molecule is CCCNC(=O)COC(=O)CSc1ccc2c3c(cccc13)C(=O)c1ccccc1-2. The molecule has 1 aliphatic rings. The summed E-state index contributed by atoms with van der Waals surface area (Å²) in [6, 6.07) is 17.3. The van der Waals surface area contributed by atoms with E-state index in [2.05, 4.69) is 5.32 Å². The Bertz CT molecular complexity index is 1160. The van der Waals surface area contributed by atoms with E-state index in [1.54, 1.807) is 0 Å². The van der Waals surface area contributed by atoms with Crippen LogP contribution in [0.25, 0.3) is 21.9 Å². The van der Waals surface area contributed by atoms with Crippen LogP contribution in [0, 0.1) is 0 Å². The molecule has 0 fully saturated rings. The van der Waals surface area contributed by atoms with E-state index >= 15 is 0 Å². The monoisotopic (exact) mass is 419 g/mol. The lowest BCUT2D eigenvalue weighted by molar-refractivity contribution is -0.145. The molecule has 0 saturated heterocycles. The Morgan fingerprint density at radius 3 is 2.50 bits per heavy atom. The van der Waals surface area contributed by atoms with Gasteiger partial charge in [0.1, 0.15) is 0 Å². The molecule has 1 amide bonds. The highest BCUT2D eigenvalue weighted by atomic mass is 32.2. The van der Waals surface area contributed by atoms with Crippen LogP contribution in [0.1, 0.15) is 29.3 Å². The summed E-state index contributed by atoms with van der Waals surface area (Å²) >= 11 is 1.34. The number of esters is 1. The van der Waals surface area contributed by atoms with E-state index in [4.69, 9.17) is 4.74 Å². The standard InChI is InChI=1S/C24H21NO4S/c1-2-12-25-21(26)13-29-22(27)14-30-20-11-10-16-15-6-3-4-7-17(15)24(28)19-9-5-8-18(20)23(16)19/h3-11H,2,12-14H2,1H3,(H,25,26). The number of hydrogen-bond acceptors (Lipinski definition) is 5. The van der Waals surface area contributed by atoms with E-state index in [9.17, 15) is 14.4 Å². The number of thioether (sulfide) groups is 1. The summed E-state index contributed by atoms with van der Waals surface area (Å²) in [4.78, 5) is 37.5. The van der Waals surface area contributed by atoms with Crippen LogP contribution in [0.5, 0.6) is 0 Å². The Hall–Kier alpha value is -3.12. The van der Waals surface area contributed by atoms with Crippen LogP contribution in [0.2, 0.25) is 0 Å². The van der Waals surface area contributed by atoms with Crippen LogP contribution < -0.4 is 5.32 Å². The topological polar surface area (TPSA) is 72.5 Å². The quantitative estimate of drug-likeness (QED) is 0.359. The first-order valence-electron chi connectivity index (χ1n) is 9.85. The van der Waals surface area contributed by atoms with Gasteiger partial charge >= 0.3 is 5.97 Å². The van der Waals surface area contributed by atoms with Gasteiger partial charge in [0.2, 0.25) is 0 Å². The number of ether oxygens (including phenoxy) is 1. The second-order valence-corrected chi connectivity index (χ2v) is 8.03. The first kappa shape index (κ1) is 20.2. The van der Waals surface area contributed by atoms with Crippen molar-refractivity contribution >= 4 is 40.2 Å². The fourth-order valence-electron chi connectivity index (χ4n) is 3.62. The number of carbonyl (C=O) groups is 3. The van der Waals surface area contributed by atoms with Crippen molar-refractivity contribution in [2.75, 3.05) is 18.9 Å². The molecule has 0 atom stereocenters. The van der Waals surface area contributed by atoms with Crippen molar-refractivity contribution in [2.45, 2.75) is 18.2 Å². The van der Waals surface area contributed by atoms with Crippen LogP contribution in [0.3, 0.4) is 0 Å². The van der Waals surface area contributed by atoms with Crippen molar-refractivity contribution in [3.63, 3.8) is 0 Å². The smallest absolute Gasteiger partial charge is 0.316 e. The first-order valence-corrected chi connectivity index (χ1v) is 10.8. The molecule has 6 heteroatoms. The van der Waals surface area contributed by atoms with E-state index in [0.29, 0.717) is 17.7 Å². The minimum Gasteiger partial charge on any atom is -0.455 e. The molecule has 4 rings (SSSR count). The van der Waals surface area contributed by atoms with Gasteiger partial charge in [-0.1, -0.05) is 55.5 Å². The number of nitrogens with one attached hydrogen (secondary N) is 1. The fraction of sp³-hybridized carbons (Fsp3) is 0.208. The van der Waals surface area contributed by atoms with Gasteiger partial charge < -0.3 is 10.1 Å². The normalized spacial score (nSPS) is 11.8. The number of benzene rings is 3. The van der Waals surface area contributed by atoms with Crippen LogP contribution >= 0.6 is 11.8 Å². The minimum atomic E-state index is -0.450.